The molecule has 1 aromatic carbocycles. The van der Waals surface area contributed by atoms with Gasteiger partial charge in [0.2, 0.25) is 5.91 Å². The van der Waals surface area contributed by atoms with Crippen molar-refractivity contribution in [3.05, 3.63) is 58.5 Å². The Kier molecular flexibility index (Phi) is 9.60. The second-order valence-corrected chi connectivity index (χ2v) is 9.04. The molecule has 0 aliphatic carbocycles. The van der Waals surface area contributed by atoms with E-state index in [-0.39, 0.29) is 18.6 Å². The maximum absolute atomic E-state index is 12.3. The van der Waals surface area contributed by atoms with Crippen LogP contribution in [0.1, 0.15) is 46.0 Å². The molecule has 1 aliphatic heterocycles. The second kappa shape index (κ2) is 12.0. The van der Waals surface area contributed by atoms with Crippen molar-refractivity contribution in [1.29, 1.82) is 0 Å². The number of hydrogen-bond donors (Lipinski definition) is 3. The number of esters is 1. The van der Waals surface area contributed by atoms with Gasteiger partial charge in [-0.25, -0.2) is 4.79 Å². The van der Waals surface area contributed by atoms with Crippen LogP contribution in [0.25, 0.3) is 10.4 Å². The van der Waals surface area contributed by atoms with Crippen LogP contribution in [0.3, 0.4) is 0 Å². The van der Waals surface area contributed by atoms with Crippen molar-refractivity contribution in [2.75, 3.05) is 6.61 Å². The van der Waals surface area contributed by atoms with Crippen molar-refractivity contribution in [2.24, 2.45) is 5.11 Å². The van der Waals surface area contributed by atoms with Gasteiger partial charge in [0.15, 0.2) is 6.29 Å². The fourth-order valence-electron chi connectivity index (χ4n) is 3.50. The van der Waals surface area contributed by atoms with Crippen LogP contribution in [-0.4, -0.2) is 64.7 Å². The predicted octanol–water partition coefficient (Wildman–Crippen LogP) is 2.29. The molecule has 1 saturated heterocycles. The zero-order valence-corrected chi connectivity index (χ0v) is 19.7. The SMILES string of the molecule is C=C(C[C@H](O)C(NC(C)=O)C(N=[N+]=[N-])[C@@H]1OC(c2ccccc2)OCC1O)C(=O)OC(C)(C)C. The van der Waals surface area contributed by atoms with Crippen molar-refractivity contribution >= 4 is 11.9 Å². The molecule has 1 aromatic rings. The molecule has 11 nitrogen and oxygen atoms in total. The maximum atomic E-state index is 12.3. The molecule has 1 amide bonds. The number of nitrogens with zero attached hydrogens (tertiary/aromatic N) is 3. The van der Waals surface area contributed by atoms with Crippen molar-refractivity contribution in [2.45, 2.75) is 76.4 Å². The fourth-order valence-corrected chi connectivity index (χ4v) is 3.50. The van der Waals surface area contributed by atoms with Gasteiger partial charge in [0.1, 0.15) is 11.7 Å². The normalized spacial score (nSPS) is 23.1. The fraction of sp³-hybridized carbons (Fsp3) is 0.565. The third-order valence-corrected chi connectivity index (χ3v) is 4.97. The van der Waals surface area contributed by atoms with E-state index in [9.17, 15) is 25.3 Å². The molecule has 11 heteroatoms. The van der Waals surface area contributed by atoms with Crippen molar-refractivity contribution in [3.8, 4) is 0 Å². The summed E-state index contributed by atoms with van der Waals surface area (Å²) in [6.07, 6.45) is -4.89. The summed E-state index contributed by atoms with van der Waals surface area (Å²) in [7, 11) is 0. The van der Waals surface area contributed by atoms with Crippen LogP contribution in [0.15, 0.2) is 47.6 Å². The molecule has 0 aromatic heterocycles. The summed E-state index contributed by atoms with van der Waals surface area (Å²) in [5.41, 5.74) is 9.08. The minimum atomic E-state index is -1.41. The van der Waals surface area contributed by atoms with Crippen molar-refractivity contribution < 1.29 is 34.0 Å². The number of azide groups is 1. The van der Waals surface area contributed by atoms with Gasteiger partial charge in [0.05, 0.1) is 30.9 Å². The van der Waals surface area contributed by atoms with Gasteiger partial charge in [-0.3, -0.25) is 4.79 Å². The predicted molar refractivity (Wildman–Crippen MR) is 122 cm³/mol. The molecular weight excluding hydrogens is 444 g/mol. The number of aliphatic hydroxyl groups is 2. The minimum Gasteiger partial charge on any atom is -0.457 e. The van der Waals surface area contributed by atoms with Crippen LogP contribution < -0.4 is 5.32 Å². The van der Waals surface area contributed by atoms with Gasteiger partial charge < -0.3 is 29.7 Å². The summed E-state index contributed by atoms with van der Waals surface area (Å²) in [5, 5.41) is 27.8. The standard InChI is InChI=1S/C23H32N4O7/c1-13(21(31)34-23(3,4)5)11-16(29)18(25-14(2)28)19(26-27-24)20-17(30)12-32-22(33-20)15-9-7-6-8-10-15/h6-10,16-20,22,29-30H,1,11-12H2,2-5H3,(H,25,28)/t16-,17?,18?,19?,20+,22?/m0/s1. The molecule has 1 aliphatic rings. The average molecular weight is 477 g/mol. The molecule has 0 radical (unpaired) electrons. The largest absolute Gasteiger partial charge is 0.457 e. The van der Waals surface area contributed by atoms with Gasteiger partial charge in [-0.1, -0.05) is 42.0 Å². The quantitative estimate of drug-likeness (QED) is 0.162. The lowest BCUT2D eigenvalue weighted by molar-refractivity contribution is -0.263. The molecule has 186 valence electrons. The van der Waals surface area contributed by atoms with E-state index >= 15 is 0 Å². The maximum Gasteiger partial charge on any atom is 0.334 e. The average Bonchev–Trinajstić information content (AvgIpc) is 2.76. The lowest BCUT2D eigenvalue weighted by Crippen LogP contribution is -2.58. The molecular formula is C23H32N4O7. The first-order valence-corrected chi connectivity index (χ1v) is 10.8. The van der Waals surface area contributed by atoms with E-state index in [0.29, 0.717) is 5.56 Å². The van der Waals surface area contributed by atoms with E-state index in [2.05, 4.69) is 21.9 Å². The molecule has 2 rings (SSSR count). The molecule has 6 atom stereocenters. The first kappa shape index (κ1) is 27.3. The Morgan fingerprint density at radius 3 is 2.56 bits per heavy atom. The number of rotatable bonds is 9. The Hall–Kier alpha value is -2.95. The third kappa shape index (κ3) is 7.82. The van der Waals surface area contributed by atoms with Crippen molar-refractivity contribution in [3.63, 3.8) is 0 Å². The van der Waals surface area contributed by atoms with E-state index in [0.717, 1.165) is 0 Å². The number of carbonyl (C=O) groups excluding carboxylic acids is 2. The number of ether oxygens (including phenoxy) is 3. The van der Waals surface area contributed by atoms with E-state index < -0.39 is 54.2 Å². The van der Waals surface area contributed by atoms with E-state index in [1.54, 1.807) is 45.0 Å². The van der Waals surface area contributed by atoms with E-state index in [1.807, 2.05) is 6.07 Å². The topological polar surface area (TPSA) is 163 Å². The van der Waals surface area contributed by atoms with E-state index in [1.165, 1.54) is 6.92 Å². The van der Waals surface area contributed by atoms with Gasteiger partial charge in [-0.2, -0.15) is 0 Å². The molecule has 1 heterocycles. The summed E-state index contributed by atoms with van der Waals surface area (Å²) in [5.74, 6) is -1.23. The summed E-state index contributed by atoms with van der Waals surface area (Å²) in [4.78, 5) is 27.1. The van der Waals surface area contributed by atoms with Crippen LogP contribution in [0.5, 0.6) is 0 Å². The molecule has 4 unspecified atom stereocenters. The number of nitrogens with one attached hydrogen (secondary N) is 1. The zero-order valence-electron chi connectivity index (χ0n) is 19.7. The second-order valence-electron chi connectivity index (χ2n) is 9.04. The summed E-state index contributed by atoms with van der Waals surface area (Å²) >= 11 is 0. The first-order valence-electron chi connectivity index (χ1n) is 10.8. The molecule has 0 spiro atoms. The highest BCUT2D eigenvalue weighted by molar-refractivity contribution is 5.88. The molecule has 34 heavy (non-hydrogen) atoms. The Labute approximate surface area is 198 Å². The Morgan fingerprint density at radius 1 is 1.35 bits per heavy atom. The Morgan fingerprint density at radius 2 is 2.00 bits per heavy atom. The minimum absolute atomic E-state index is 0.0342. The van der Waals surface area contributed by atoms with Crippen LogP contribution in [-0.2, 0) is 23.8 Å². The molecule has 0 bridgehead atoms. The lowest BCUT2D eigenvalue weighted by Gasteiger charge is -2.40. The van der Waals surface area contributed by atoms with Gasteiger partial charge >= 0.3 is 5.97 Å². The third-order valence-electron chi connectivity index (χ3n) is 4.97. The highest BCUT2D eigenvalue weighted by atomic mass is 16.7. The number of amides is 1. The highest BCUT2D eigenvalue weighted by Crippen LogP contribution is 2.31. The first-order chi connectivity index (χ1) is 15.9. The van der Waals surface area contributed by atoms with Crippen LogP contribution in [0.4, 0.5) is 0 Å². The van der Waals surface area contributed by atoms with Crippen LogP contribution in [0, 0.1) is 0 Å². The summed E-state index contributed by atoms with van der Waals surface area (Å²) in [6.45, 7) is 9.85. The van der Waals surface area contributed by atoms with Gasteiger partial charge in [0, 0.05) is 29.4 Å². The monoisotopic (exact) mass is 476 g/mol. The lowest BCUT2D eigenvalue weighted by atomic mass is 9.91. The zero-order chi connectivity index (χ0) is 25.5. The Balaban J connectivity index is 2.29. The number of aliphatic hydroxyl groups excluding tert-OH is 2. The molecule has 1 fully saturated rings. The number of hydrogen-bond acceptors (Lipinski definition) is 8. The summed E-state index contributed by atoms with van der Waals surface area (Å²) < 4.78 is 16.7. The van der Waals surface area contributed by atoms with E-state index in [4.69, 9.17) is 14.2 Å². The smallest absolute Gasteiger partial charge is 0.334 e. The number of carbonyl (C=O) groups is 2. The van der Waals surface area contributed by atoms with Crippen LogP contribution >= 0.6 is 0 Å². The van der Waals surface area contributed by atoms with Gasteiger partial charge in [0.25, 0.3) is 0 Å². The summed E-state index contributed by atoms with van der Waals surface area (Å²) in [6, 6.07) is 6.50. The Bertz CT molecular complexity index is 912. The highest BCUT2D eigenvalue weighted by Gasteiger charge is 2.43. The van der Waals surface area contributed by atoms with Gasteiger partial charge in [-0.15, -0.1) is 0 Å². The molecule has 0 saturated carbocycles. The molecule has 3 N–H and O–H groups in total. The van der Waals surface area contributed by atoms with Crippen molar-refractivity contribution in [1.82, 2.24) is 5.32 Å². The van der Waals surface area contributed by atoms with Gasteiger partial charge in [-0.05, 0) is 26.3 Å². The number of benzene rings is 1. The van der Waals surface area contributed by atoms with Crippen LogP contribution in [0.2, 0.25) is 0 Å².